The standard InChI is InChI=1S/C21H19N3O4/c1-12(25)23-20-15(9-19-21(16(20)10-22)27-11-26-19)17-7-5-13-4-6-14(24(2)3)8-18(13)28-17/h4,6-9H,5,11H2,1-3H3,(H,23,25). The molecule has 4 rings (SSSR count). The number of anilines is 2. The molecule has 0 bridgehead atoms. The molecule has 0 aromatic heterocycles. The van der Waals surface area contributed by atoms with E-state index >= 15 is 0 Å². The Balaban J connectivity index is 1.81. The van der Waals surface area contributed by atoms with Gasteiger partial charge in [0.25, 0.3) is 0 Å². The van der Waals surface area contributed by atoms with Gasteiger partial charge in [0.2, 0.25) is 12.7 Å². The number of ether oxygens (including phenoxy) is 3. The minimum absolute atomic E-state index is 0.0297. The Morgan fingerprint density at radius 3 is 2.75 bits per heavy atom. The van der Waals surface area contributed by atoms with Crippen LogP contribution in [-0.4, -0.2) is 26.8 Å². The predicted molar refractivity (Wildman–Crippen MR) is 105 cm³/mol. The van der Waals surface area contributed by atoms with Gasteiger partial charge >= 0.3 is 0 Å². The molecule has 0 radical (unpaired) electrons. The Hall–Kier alpha value is -3.66. The lowest BCUT2D eigenvalue weighted by atomic mass is 10.00. The minimum atomic E-state index is -0.289. The molecule has 7 heteroatoms. The molecule has 0 atom stereocenters. The zero-order chi connectivity index (χ0) is 19.8. The number of nitrogens with zero attached hydrogens (tertiary/aromatic N) is 2. The predicted octanol–water partition coefficient (Wildman–Crippen LogP) is 3.29. The highest BCUT2D eigenvalue weighted by Crippen LogP contribution is 2.45. The third-order valence-corrected chi connectivity index (χ3v) is 4.64. The summed E-state index contributed by atoms with van der Waals surface area (Å²) in [6, 6.07) is 9.90. The summed E-state index contributed by atoms with van der Waals surface area (Å²) in [6.45, 7) is 1.42. The lowest BCUT2D eigenvalue weighted by Gasteiger charge is -2.23. The molecule has 0 aliphatic carbocycles. The van der Waals surface area contributed by atoms with Crippen molar-refractivity contribution in [3.63, 3.8) is 0 Å². The number of nitriles is 1. The van der Waals surface area contributed by atoms with Crippen molar-refractivity contribution in [3.05, 3.63) is 47.0 Å². The number of amides is 1. The fourth-order valence-electron chi connectivity index (χ4n) is 3.26. The molecular formula is C21H19N3O4. The van der Waals surface area contributed by atoms with Crippen LogP contribution in [0.1, 0.15) is 23.6 Å². The van der Waals surface area contributed by atoms with Gasteiger partial charge in [0, 0.05) is 38.3 Å². The van der Waals surface area contributed by atoms with E-state index in [0.29, 0.717) is 34.9 Å². The van der Waals surface area contributed by atoms with Gasteiger partial charge in [-0.1, -0.05) is 6.07 Å². The lowest BCUT2D eigenvalue weighted by molar-refractivity contribution is -0.114. The molecule has 0 spiro atoms. The van der Waals surface area contributed by atoms with Gasteiger partial charge in [0.05, 0.1) is 5.69 Å². The lowest BCUT2D eigenvalue weighted by Crippen LogP contribution is -2.13. The van der Waals surface area contributed by atoms with Crippen LogP contribution in [0.15, 0.2) is 30.3 Å². The monoisotopic (exact) mass is 377 g/mol. The molecular weight excluding hydrogens is 358 g/mol. The van der Waals surface area contributed by atoms with E-state index in [4.69, 9.17) is 14.2 Å². The Labute approximate surface area is 162 Å². The first-order valence-electron chi connectivity index (χ1n) is 8.81. The zero-order valence-corrected chi connectivity index (χ0v) is 15.8. The number of nitrogens with one attached hydrogen (secondary N) is 1. The molecule has 2 aliphatic rings. The maximum absolute atomic E-state index is 11.8. The summed E-state index contributed by atoms with van der Waals surface area (Å²) in [5.41, 5.74) is 3.24. The van der Waals surface area contributed by atoms with Crippen LogP contribution >= 0.6 is 0 Å². The smallest absolute Gasteiger partial charge is 0.231 e. The molecule has 2 aromatic carbocycles. The summed E-state index contributed by atoms with van der Waals surface area (Å²) in [4.78, 5) is 13.8. The quantitative estimate of drug-likeness (QED) is 0.884. The molecule has 0 saturated carbocycles. The number of hydrogen-bond donors (Lipinski definition) is 1. The van der Waals surface area contributed by atoms with E-state index in [1.807, 2.05) is 43.3 Å². The molecule has 1 amide bonds. The number of carbonyl (C=O) groups excluding carboxylic acids is 1. The highest BCUT2D eigenvalue weighted by molar-refractivity contribution is 5.96. The summed E-state index contributed by atoms with van der Waals surface area (Å²) >= 11 is 0. The average molecular weight is 377 g/mol. The molecule has 1 N–H and O–H groups in total. The maximum Gasteiger partial charge on any atom is 0.231 e. The van der Waals surface area contributed by atoms with E-state index in [9.17, 15) is 10.1 Å². The first-order chi connectivity index (χ1) is 13.5. The van der Waals surface area contributed by atoms with Gasteiger partial charge < -0.3 is 24.4 Å². The van der Waals surface area contributed by atoms with Gasteiger partial charge in [-0.3, -0.25) is 4.79 Å². The van der Waals surface area contributed by atoms with Crippen LogP contribution in [0.5, 0.6) is 17.2 Å². The van der Waals surface area contributed by atoms with Crippen molar-refractivity contribution in [2.45, 2.75) is 13.3 Å². The van der Waals surface area contributed by atoms with E-state index in [2.05, 4.69) is 11.4 Å². The van der Waals surface area contributed by atoms with Crippen LogP contribution in [0.4, 0.5) is 11.4 Å². The number of benzene rings is 2. The fraction of sp³-hybridized carbons (Fsp3) is 0.238. The molecule has 0 fully saturated rings. The van der Waals surface area contributed by atoms with E-state index < -0.39 is 0 Å². The van der Waals surface area contributed by atoms with E-state index in [0.717, 1.165) is 17.0 Å². The number of carbonyl (C=O) groups is 1. The van der Waals surface area contributed by atoms with Crippen molar-refractivity contribution in [1.82, 2.24) is 0 Å². The zero-order valence-electron chi connectivity index (χ0n) is 15.8. The van der Waals surface area contributed by atoms with Gasteiger partial charge in [0.15, 0.2) is 11.5 Å². The molecule has 2 aromatic rings. The van der Waals surface area contributed by atoms with Crippen molar-refractivity contribution in [2.24, 2.45) is 0 Å². The molecule has 0 unspecified atom stereocenters. The van der Waals surface area contributed by atoms with Crippen molar-refractivity contribution in [3.8, 4) is 23.3 Å². The Bertz CT molecular complexity index is 1050. The Morgan fingerprint density at radius 1 is 1.21 bits per heavy atom. The maximum atomic E-state index is 11.8. The largest absolute Gasteiger partial charge is 0.457 e. The second-order valence-electron chi connectivity index (χ2n) is 6.76. The topological polar surface area (TPSA) is 83.8 Å². The number of allylic oxidation sites excluding steroid dienone is 1. The van der Waals surface area contributed by atoms with Gasteiger partial charge in [-0.05, 0) is 30.2 Å². The van der Waals surface area contributed by atoms with Gasteiger partial charge in [0.1, 0.15) is 23.1 Å². The average Bonchev–Trinajstić information content (AvgIpc) is 3.14. The van der Waals surface area contributed by atoms with Gasteiger partial charge in [-0.15, -0.1) is 0 Å². The third kappa shape index (κ3) is 2.99. The summed E-state index contributed by atoms with van der Waals surface area (Å²) < 4.78 is 17.1. The van der Waals surface area contributed by atoms with Crippen LogP contribution < -0.4 is 24.4 Å². The minimum Gasteiger partial charge on any atom is -0.457 e. The molecule has 0 saturated heterocycles. The molecule has 2 aliphatic heterocycles. The van der Waals surface area contributed by atoms with Gasteiger partial charge in [-0.25, -0.2) is 0 Å². The van der Waals surface area contributed by atoms with E-state index in [1.165, 1.54) is 6.92 Å². The first kappa shape index (κ1) is 17.7. The van der Waals surface area contributed by atoms with E-state index in [-0.39, 0.29) is 18.3 Å². The molecule has 28 heavy (non-hydrogen) atoms. The van der Waals surface area contributed by atoms with Crippen LogP contribution in [-0.2, 0) is 11.2 Å². The summed E-state index contributed by atoms with van der Waals surface area (Å²) in [7, 11) is 3.93. The highest BCUT2D eigenvalue weighted by Gasteiger charge is 2.28. The second kappa shape index (κ2) is 6.82. The van der Waals surface area contributed by atoms with Crippen molar-refractivity contribution < 1.29 is 19.0 Å². The van der Waals surface area contributed by atoms with Crippen molar-refractivity contribution in [1.29, 1.82) is 5.26 Å². The first-order valence-corrected chi connectivity index (χ1v) is 8.81. The number of hydrogen-bond acceptors (Lipinski definition) is 6. The van der Waals surface area contributed by atoms with Gasteiger partial charge in [-0.2, -0.15) is 5.26 Å². The summed E-state index contributed by atoms with van der Waals surface area (Å²) in [5.74, 6) is 1.80. The van der Waals surface area contributed by atoms with Crippen molar-refractivity contribution in [2.75, 3.05) is 31.1 Å². The normalized spacial score (nSPS) is 13.7. The van der Waals surface area contributed by atoms with Crippen LogP contribution in [0.25, 0.3) is 5.76 Å². The van der Waals surface area contributed by atoms with Crippen molar-refractivity contribution >= 4 is 23.0 Å². The van der Waals surface area contributed by atoms with Crippen LogP contribution in [0, 0.1) is 11.3 Å². The van der Waals surface area contributed by atoms with E-state index in [1.54, 1.807) is 6.07 Å². The SMILES string of the molecule is CC(=O)Nc1c(C2=CCc3ccc(N(C)C)cc3O2)cc2c(c1C#N)OCO2. The Kier molecular flexibility index (Phi) is 4.32. The second-order valence-corrected chi connectivity index (χ2v) is 6.76. The third-order valence-electron chi connectivity index (χ3n) is 4.64. The molecule has 7 nitrogen and oxygen atoms in total. The number of fused-ring (bicyclic) bond motifs is 2. The Morgan fingerprint density at radius 2 is 2.04 bits per heavy atom. The highest BCUT2D eigenvalue weighted by atomic mass is 16.7. The summed E-state index contributed by atoms with van der Waals surface area (Å²) in [5, 5.41) is 12.4. The van der Waals surface area contributed by atoms with Crippen LogP contribution in [0.3, 0.4) is 0 Å². The number of rotatable bonds is 3. The molecule has 2 heterocycles. The van der Waals surface area contributed by atoms with Crippen LogP contribution in [0.2, 0.25) is 0 Å². The fourth-order valence-corrected chi connectivity index (χ4v) is 3.26. The molecule has 142 valence electrons. The summed E-state index contributed by atoms with van der Waals surface area (Å²) in [6.07, 6.45) is 2.61.